The lowest BCUT2D eigenvalue weighted by Gasteiger charge is -2.21. The van der Waals surface area contributed by atoms with Gasteiger partial charge in [-0.15, -0.1) is 0 Å². The van der Waals surface area contributed by atoms with E-state index < -0.39 is 0 Å². The highest BCUT2D eigenvalue weighted by Crippen LogP contribution is 2.55. The number of rotatable bonds is 10. The van der Waals surface area contributed by atoms with Gasteiger partial charge in [-0.3, -0.25) is 0 Å². The Bertz CT molecular complexity index is 9260. The molecule has 28 rings (SSSR count). The molecule has 3 aliphatic rings. The van der Waals surface area contributed by atoms with Gasteiger partial charge in [-0.05, 0) is 207 Å². The van der Waals surface area contributed by atoms with Crippen molar-refractivity contribution in [3.05, 3.63) is 440 Å². The Balaban J connectivity index is 0.000000107. The Morgan fingerprint density at radius 1 is 0.145 bits per heavy atom. The SMILES string of the molecule is CC1(C)c2ccccc2-c2cc3c(cc21)oc1ccc(-c2cccc(-c4nc(-c5ccccc5)nc(-c5ccccc5)n4)c2)cc13.CC1(C)c2ccccc2-c2cc3c(cc21)oc1ccc(-c2nc(-c4ccccc4)nc(-c4cc5ccccc5c5ccccc45)n2)cc13.CC1(C)c2ccccc2-c2cc3c(cc21)oc1ccc(-c2nc(-c4ccccc4)nc(-c4cccc5ccccc45)n2)cc13. The van der Waals surface area contributed by atoms with Crippen molar-refractivity contribution >= 4 is 98.1 Å². The van der Waals surface area contributed by atoms with Gasteiger partial charge in [0.15, 0.2) is 52.4 Å². The maximum Gasteiger partial charge on any atom is 0.164 e. The van der Waals surface area contributed by atoms with Crippen LogP contribution in [0.1, 0.15) is 74.9 Å². The quantitative estimate of drug-likeness (QED) is 0.120. The smallest absolute Gasteiger partial charge is 0.164 e. The van der Waals surface area contributed by atoms with Crippen LogP contribution in [0.4, 0.5) is 0 Å². The zero-order valence-electron chi connectivity index (χ0n) is 76.4. The van der Waals surface area contributed by atoms with Crippen LogP contribution in [0.15, 0.2) is 420 Å². The molecule has 6 heterocycles. The highest BCUT2D eigenvalue weighted by molar-refractivity contribution is 6.15. The Hall–Kier alpha value is -17.6. The van der Waals surface area contributed by atoms with E-state index in [1.165, 1.54) is 77.5 Å². The minimum atomic E-state index is -0.0910. The van der Waals surface area contributed by atoms with Crippen LogP contribution in [0.2, 0.25) is 0 Å². The molecule has 0 saturated heterocycles. The molecule has 0 saturated carbocycles. The largest absolute Gasteiger partial charge is 0.456 e. The van der Waals surface area contributed by atoms with Crippen molar-refractivity contribution in [1.82, 2.24) is 44.9 Å². The molecule has 0 N–H and O–H groups in total. The summed E-state index contributed by atoms with van der Waals surface area (Å²) in [5, 5.41) is 13.5. The molecule has 3 aliphatic carbocycles. The summed E-state index contributed by atoms with van der Waals surface area (Å²) in [6, 6.07) is 142. The molecule has 0 radical (unpaired) electrons. The zero-order chi connectivity index (χ0) is 92.2. The highest BCUT2D eigenvalue weighted by atomic mass is 16.3. The summed E-state index contributed by atoms with van der Waals surface area (Å²) in [5.74, 6) is 5.78. The van der Waals surface area contributed by atoms with E-state index in [1.807, 2.05) is 133 Å². The van der Waals surface area contributed by atoms with Gasteiger partial charge in [-0.25, -0.2) is 44.9 Å². The lowest BCUT2D eigenvalue weighted by Crippen LogP contribution is -2.14. The van der Waals surface area contributed by atoms with E-state index >= 15 is 0 Å². The Kier molecular flexibility index (Phi) is 18.7. The van der Waals surface area contributed by atoms with Gasteiger partial charge >= 0.3 is 0 Å². The molecule has 0 bridgehead atoms. The van der Waals surface area contributed by atoms with E-state index in [0.717, 1.165) is 149 Å². The summed E-state index contributed by atoms with van der Waals surface area (Å²) in [6.45, 7) is 13.8. The Morgan fingerprint density at radius 3 is 0.848 bits per heavy atom. The van der Waals surface area contributed by atoms with Crippen LogP contribution < -0.4 is 0 Å². The number of furan rings is 3. The molecule has 0 aliphatic heterocycles. The normalized spacial score (nSPS) is 13.3. The van der Waals surface area contributed by atoms with Crippen LogP contribution in [0.3, 0.4) is 0 Å². The van der Waals surface area contributed by atoms with Crippen LogP contribution in [0.5, 0.6) is 0 Å². The fraction of sp³-hybridized carbons (Fsp3) is 0.0714. The highest BCUT2D eigenvalue weighted by Gasteiger charge is 2.40. The maximum atomic E-state index is 6.48. The van der Waals surface area contributed by atoms with Crippen molar-refractivity contribution in [2.75, 3.05) is 0 Å². The molecule has 25 aromatic rings. The average Bonchev–Trinajstić information content (AvgIpc) is 1.56. The minimum absolute atomic E-state index is 0.0690. The van der Waals surface area contributed by atoms with Crippen molar-refractivity contribution in [3.63, 3.8) is 0 Å². The lowest BCUT2D eigenvalue weighted by molar-refractivity contribution is 0.647. The topological polar surface area (TPSA) is 155 Å². The molecule has 6 aromatic heterocycles. The fourth-order valence-corrected chi connectivity index (χ4v) is 21.5. The summed E-state index contributed by atoms with van der Waals surface area (Å²) in [7, 11) is 0. The summed E-state index contributed by atoms with van der Waals surface area (Å²) in [4.78, 5) is 45.1. The first-order valence-corrected chi connectivity index (χ1v) is 46.9. The van der Waals surface area contributed by atoms with E-state index in [9.17, 15) is 0 Å². The lowest BCUT2D eigenvalue weighted by atomic mass is 9.82. The number of aromatic nitrogens is 9. The van der Waals surface area contributed by atoms with E-state index in [-0.39, 0.29) is 16.2 Å². The van der Waals surface area contributed by atoms with Crippen LogP contribution >= 0.6 is 0 Å². The molecule has 652 valence electrons. The van der Waals surface area contributed by atoms with Gasteiger partial charge in [0, 0.05) is 98.6 Å². The van der Waals surface area contributed by atoms with Crippen molar-refractivity contribution in [2.24, 2.45) is 0 Å². The van der Waals surface area contributed by atoms with Crippen molar-refractivity contribution < 1.29 is 13.3 Å². The first-order chi connectivity index (χ1) is 67.6. The van der Waals surface area contributed by atoms with Crippen LogP contribution in [-0.2, 0) is 16.2 Å². The third kappa shape index (κ3) is 13.5. The second kappa shape index (κ2) is 31.8. The number of nitrogens with zero attached hydrogens (tertiary/aromatic N) is 9. The molecular formula is C126H85N9O3. The van der Waals surface area contributed by atoms with Gasteiger partial charge in [-0.1, -0.05) is 351 Å². The summed E-state index contributed by atoms with van der Waals surface area (Å²) < 4.78 is 19.4. The van der Waals surface area contributed by atoms with E-state index in [4.69, 9.17) is 58.1 Å². The molecular weight excluding hydrogens is 1690 g/mol. The first kappa shape index (κ1) is 81.2. The van der Waals surface area contributed by atoms with Gasteiger partial charge < -0.3 is 13.3 Å². The van der Waals surface area contributed by atoms with Crippen LogP contribution in [0, 0.1) is 0 Å². The van der Waals surface area contributed by atoms with Gasteiger partial charge in [0.1, 0.15) is 33.5 Å². The zero-order valence-corrected chi connectivity index (χ0v) is 76.4. The monoisotopic (exact) mass is 1770 g/mol. The van der Waals surface area contributed by atoms with Crippen LogP contribution in [-0.4, -0.2) is 44.9 Å². The first-order valence-electron chi connectivity index (χ1n) is 46.9. The standard InChI is InChI=1S/C44H29N3O.C42H29N3O.C40H27N3O/c1-44(2)37-19-11-10-18-32(37)33-24-35-34-23-28(20-21-39(34)48-40(35)25-38(33)44)42-45-41(26-12-4-3-5-13-26)46-43(47-42)36-22-27-14-6-7-15-29(27)30-16-8-9-17-31(30)36;1-42(2)35-19-10-9-18-31(35)32-24-34-33-23-29(20-21-37(33)46-38(34)25-36(32)42)28-16-11-17-30(22-28)41-44-39(26-12-5-3-6-13-26)43-40(45-41)27-14-7-4-8-15-27;1-40(2)33-18-9-8-16-28(33)30-22-32-31-21-26(19-20-35(31)44-36(32)23-34(30)40)38-41-37(25-12-4-3-5-13-25)42-39(43-38)29-17-10-14-24-11-6-7-15-27(24)29/h3-25H,1-2H3;3-25H,1-2H3;3-23H,1-2H3. The van der Waals surface area contributed by atoms with Gasteiger partial charge in [0.25, 0.3) is 0 Å². The van der Waals surface area contributed by atoms with Gasteiger partial charge in [0.2, 0.25) is 0 Å². The molecule has 12 heteroatoms. The van der Waals surface area contributed by atoms with Crippen molar-refractivity contribution in [2.45, 2.75) is 57.8 Å². The Morgan fingerprint density at radius 2 is 0.420 bits per heavy atom. The predicted molar refractivity (Wildman–Crippen MR) is 561 cm³/mol. The van der Waals surface area contributed by atoms with Crippen LogP contribution in [0.25, 0.3) is 245 Å². The molecule has 12 nitrogen and oxygen atoms in total. The maximum absolute atomic E-state index is 6.48. The number of hydrogen-bond acceptors (Lipinski definition) is 12. The second-order valence-electron chi connectivity index (χ2n) is 37.8. The third-order valence-electron chi connectivity index (χ3n) is 28.6. The summed E-state index contributed by atoms with van der Waals surface area (Å²) in [6.07, 6.45) is 0. The summed E-state index contributed by atoms with van der Waals surface area (Å²) >= 11 is 0. The van der Waals surface area contributed by atoms with Gasteiger partial charge in [-0.2, -0.15) is 0 Å². The predicted octanol–water partition coefficient (Wildman–Crippen LogP) is 32.4. The summed E-state index contributed by atoms with van der Waals surface area (Å²) in [5.41, 5.74) is 31.5. The minimum Gasteiger partial charge on any atom is -0.456 e. The van der Waals surface area contributed by atoms with E-state index in [0.29, 0.717) is 52.4 Å². The molecule has 19 aromatic carbocycles. The van der Waals surface area contributed by atoms with Gasteiger partial charge in [0.05, 0.1) is 0 Å². The Labute approximate surface area is 795 Å². The molecule has 0 amide bonds. The third-order valence-corrected chi connectivity index (χ3v) is 28.6. The molecule has 0 spiro atoms. The molecule has 0 atom stereocenters. The number of benzene rings is 19. The fourth-order valence-electron chi connectivity index (χ4n) is 21.5. The second-order valence-corrected chi connectivity index (χ2v) is 37.8. The number of fused-ring (bicyclic) bond motifs is 22. The van der Waals surface area contributed by atoms with E-state index in [1.54, 1.807) is 0 Å². The molecule has 138 heavy (non-hydrogen) atoms. The van der Waals surface area contributed by atoms with E-state index in [2.05, 4.69) is 315 Å². The average molecular weight is 1770 g/mol. The molecule has 0 unspecified atom stereocenters. The van der Waals surface area contributed by atoms with Crippen molar-refractivity contribution in [3.8, 4) is 147 Å². The molecule has 0 fully saturated rings. The number of hydrogen-bond donors (Lipinski definition) is 0. The van der Waals surface area contributed by atoms with Crippen molar-refractivity contribution in [1.29, 1.82) is 0 Å².